The van der Waals surface area contributed by atoms with E-state index in [-0.39, 0.29) is 5.92 Å². The summed E-state index contributed by atoms with van der Waals surface area (Å²) in [6.07, 6.45) is 8.12. The van der Waals surface area contributed by atoms with E-state index in [9.17, 15) is 0 Å². The monoisotopic (exact) mass is 212 g/mol. The highest BCUT2D eigenvalue weighted by Gasteiger charge is 2.24. The van der Waals surface area contributed by atoms with E-state index in [0.29, 0.717) is 0 Å². The zero-order valence-electron chi connectivity index (χ0n) is 9.50. The standard InChI is InChI=1S/C14H16N2/c15-9-12-6-3-5-11-8-10-4-1-2-7-13(10)16-14(11)12/h8,12H,1-7H2/t12-/m1/s1. The maximum absolute atomic E-state index is 9.15. The minimum atomic E-state index is 0.0518. The molecule has 1 aromatic heterocycles. The third-order valence-corrected chi connectivity index (χ3v) is 3.84. The van der Waals surface area contributed by atoms with Gasteiger partial charge in [0.2, 0.25) is 0 Å². The quantitative estimate of drug-likeness (QED) is 0.663. The second-order valence-electron chi connectivity index (χ2n) is 4.92. The lowest BCUT2D eigenvalue weighted by Crippen LogP contribution is -2.15. The van der Waals surface area contributed by atoms with Crippen molar-refractivity contribution in [1.82, 2.24) is 4.98 Å². The first-order chi connectivity index (χ1) is 7.88. The van der Waals surface area contributed by atoms with Crippen molar-refractivity contribution in [3.8, 4) is 6.07 Å². The summed E-state index contributed by atoms with van der Waals surface area (Å²) in [5.74, 6) is 0.0518. The van der Waals surface area contributed by atoms with Crippen LogP contribution in [0.3, 0.4) is 0 Å². The third-order valence-electron chi connectivity index (χ3n) is 3.84. The van der Waals surface area contributed by atoms with Crippen LogP contribution in [-0.2, 0) is 19.3 Å². The lowest BCUT2D eigenvalue weighted by molar-refractivity contribution is 0.597. The summed E-state index contributed by atoms with van der Waals surface area (Å²) in [5, 5.41) is 9.15. The third kappa shape index (κ3) is 1.51. The molecule has 16 heavy (non-hydrogen) atoms. The Morgan fingerprint density at radius 1 is 1.12 bits per heavy atom. The molecule has 2 nitrogen and oxygen atoms in total. The maximum Gasteiger partial charge on any atom is 0.0887 e. The van der Waals surface area contributed by atoms with Crippen LogP contribution in [0.1, 0.15) is 54.1 Å². The largest absolute Gasteiger partial charge is 0.256 e. The summed E-state index contributed by atoms with van der Waals surface area (Å²) in [7, 11) is 0. The first-order valence-electron chi connectivity index (χ1n) is 6.29. The SMILES string of the molecule is N#C[C@H]1CCCc2cc3c(nc21)CCCC3. The average molecular weight is 212 g/mol. The van der Waals surface area contributed by atoms with E-state index in [2.05, 4.69) is 12.1 Å². The van der Waals surface area contributed by atoms with E-state index in [0.717, 1.165) is 31.4 Å². The van der Waals surface area contributed by atoms with Gasteiger partial charge in [-0.3, -0.25) is 4.98 Å². The maximum atomic E-state index is 9.15. The molecule has 0 unspecified atom stereocenters. The van der Waals surface area contributed by atoms with Gasteiger partial charge in [-0.15, -0.1) is 0 Å². The van der Waals surface area contributed by atoms with Gasteiger partial charge in [0.25, 0.3) is 0 Å². The van der Waals surface area contributed by atoms with Gasteiger partial charge in [-0.2, -0.15) is 5.26 Å². The van der Waals surface area contributed by atoms with Crippen molar-refractivity contribution in [3.63, 3.8) is 0 Å². The van der Waals surface area contributed by atoms with Gasteiger partial charge in [0.1, 0.15) is 0 Å². The van der Waals surface area contributed by atoms with Crippen molar-refractivity contribution in [3.05, 3.63) is 28.6 Å². The predicted molar refractivity (Wildman–Crippen MR) is 62.2 cm³/mol. The lowest BCUT2D eigenvalue weighted by Gasteiger charge is -2.24. The number of nitrogens with zero attached hydrogens (tertiary/aromatic N) is 2. The van der Waals surface area contributed by atoms with Crippen LogP contribution < -0.4 is 0 Å². The Balaban J connectivity index is 2.09. The van der Waals surface area contributed by atoms with E-state index in [1.807, 2.05) is 0 Å². The van der Waals surface area contributed by atoms with E-state index >= 15 is 0 Å². The Hall–Kier alpha value is -1.36. The van der Waals surface area contributed by atoms with Crippen LogP contribution >= 0.6 is 0 Å². The van der Waals surface area contributed by atoms with Crippen LogP contribution in [0.4, 0.5) is 0 Å². The van der Waals surface area contributed by atoms with Crippen molar-refractivity contribution in [2.24, 2.45) is 0 Å². The van der Waals surface area contributed by atoms with Crippen LogP contribution in [0.15, 0.2) is 6.07 Å². The Kier molecular flexibility index (Phi) is 2.40. The van der Waals surface area contributed by atoms with Crippen molar-refractivity contribution in [2.75, 3.05) is 0 Å². The molecular formula is C14H16N2. The van der Waals surface area contributed by atoms with Crippen LogP contribution in [0.25, 0.3) is 0 Å². The van der Waals surface area contributed by atoms with Crippen molar-refractivity contribution < 1.29 is 0 Å². The average Bonchev–Trinajstić information content (AvgIpc) is 2.35. The number of aryl methyl sites for hydroxylation is 3. The lowest BCUT2D eigenvalue weighted by atomic mass is 9.84. The molecule has 0 amide bonds. The molecule has 1 aromatic rings. The van der Waals surface area contributed by atoms with E-state index < -0.39 is 0 Å². The van der Waals surface area contributed by atoms with E-state index in [4.69, 9.17) is 10.2 Å². The zero-order chi connectivity index (χ0) is 11.0. The summed E-state index contributed by atoms with van der Waals surface area (Å²) in [6.45, 7) is 0. The number of nitriles is 1. The molecule has 0 aliphatic heterocycles. The van der Waals surface area contributed by atoms with Gasteiger partial charge in [-0.25, -0.2) is 0 Å². The fourth-order valence-electron chi connectivity index (χ4n) is 2.96. The first-order valence-corrected chi connectivity index (χ1v) is 6.29. The molecule has 3 rings (SSSR count). The predicted octanol–water partition coefficient (Wildman–Crippen LogP) is 2.90. The molecule has 2 heteroatoms. The molecule has 2 aliphatic rings. The molecule has 1 atom stereocenters. The molecule has 0 radical (unpaired) electrons. The summed E-state index contributed by atoms with van der Waals surface area (Å²) in [6, 6.07) is 4.74. The second kappa shape index (κ2) is 3.90. The van der Waals surface area contributed by atoms with Gasteiger partial charge in [-0.1, -0.05) is 6.07 Å². The number of hydrogen-bond donors (Lipinski definition) is 0. The van der Waals surface area contributed by atoms with Gasteiger partial charge in [-0.05, 0) is 56.1 Å². The van der Waals surface area contributed by atoms with E-state index in [1.54, 1.807) is 0 Å². The highest BCUT2D eigenvalue weighted by atomic mass is 14.7. The fourth-order valence-corrected chi connectivity index (χ4v) is 2.96. The van der Waals surface area contributed by atoms with Crippen molar-refractivity contribution >= 4 is 0 Å². The van der Waals surface area contributed by atoms with E-state index in [1.165, 1.54) is 36.1 Å². The van der Waals surface area contributed by atoms with Crippen LogP contribution in [-0.4, -0.2) is 4.98 Å². The molecule has 82 valence electrons. The minimum Gasteiger partial charge on any atom is -0.256 e. The Morgan fingerprint density at radius 3 is 2.81 bits per heavy atom. The minimum absolute atomic E-state index is 0.0518. The second-order valence-corrected chi connectivity index (χ2v) is 4.92. The highest BCUT2D eigenvalue weighted by Crippen LogP contribution is 2.32. The van der Waals surface area contributed by atoms with Crippen molar-refractivity contribution in [2.45, 2.75) is 50.9 Å². The number of fused-ring (bicyclic) bond motifs is 2. The van der Waals surface area contributed by atoms with Crippen LogP contribution in [0, 0.1) is 11.3 Å². The van der Waals surface area contributed by atoms with Gasteiger partial charge >= 0.3 is 0 Å². The normalized spacial score (nSPS) is 23.1. The van der Waals surface area contributed by atoms with Gasteiger partial charge < -0.3 is 0 Å². The number of rotatable bonds is 0. The van der Waals surface area contributed by atoms with Crippen molar-refractivity contribution in [1.29, 1.82) is 5.26 Å². The molecule has 0 saturated carbocycles. The number of pyridine rings is 1. The Bertz CT molecular complexity index is 457. The Morgan fingerprint density at radius 2 is 1.94 bits per heavy atom. The molecule has 0 spiro atoms. The number of hydrogen-bond acceptors (Lipinski definition) is 2. The smallest absolute Gasteiger partial charge is 0.0887 e. The molecule has 2 aliphatic carbocycles. The zero-order valence-corrected chi connectivity index (χ0v) is 9.50. The van der Waals surface area contributed by atoms with Crippen LogP contribution in [0.5, 0.6) is 0 Å². The van der Waals surface area contributed by atoms with Crippen LogP contribution in [0.2, 0.25) is 0 Å². The molecule has 0 bridgehead atoms. The molecule has 1 heterocycles. The highest BCUT2D eigenvalue weighted by molar-refractivity contribution is 5.37. The summed E-state index contributed by atoms with van der Waals surface area (Å²) < 4.78 is 0. The molecule has 0 N–H and O–H groups in total. The molecule has 0 saturated heterocycles. The fraction of sp³-hybridized carbons (Fsp3) is 0.571. The topological polar surface area (TPSA) is 36.7 Å². The first kappa shape index (κ1) is 9.84. The summed E-state index contributed by atoms with van der Waals surface area (Å²) >= 11 is 0. The number of aromatic nitrogens is 1. The molecule has 0 fully saturated rings. The van der Waals surface area contributed by atoms with Gasteiger partial charge in [0.15, 0.2) is 0 Å². The summed E-state index contributed by atoms with van der Waals surface area (Å²) in [4.78, 5) is 4.78. The van der Waals surface area contributed by atoms with Gasteiger partial charge in [0, 0.05) is 5.69 Å². The Labute approximate surface area is 96.3 Å². The molecule has 0 aromatic carbocycles. The van der Waals surface area contributed by atoms with Gasteiger partial charge in [0.05, 0.1) is 17.7 Å². The summed E-state index contributed by atoms with van der Waals surface area (Å²) in [5.41, 5.74) is 5.16. The molecular weight excluding hydrogens is 196 g/mol.